The molecule has 0 saturated heterocycles. The minimum absolute atomic E-state index is 0.0992. The Bertz CT molecular complexity index is 863. The van der Waals surface area contributed by atoms with Crippen molar-refractivity contribution in [2.75, 3.05) is 0 Å². The summed E-state index contributed by atoms with van der Waals surface area (Å²) >= 11 is 0. The molecular formula is C18H12O2. The molecule has 0 heterocycles. The molecule has 0 bridgehead atoms. The molecule has 0 atom stereocenters. The zero-order valence-electron chi connectivity index (χ0n) is 10.8. The lowest BCUT2D eigenvalue weighted by atomic mass is 9.93. The van der Waals surface area contributed by atoms with Crippen molar-refractivity contribution in [2.45, 2.75) is 6.42 Å². The summed E-state index contributed by atoms with van der Waals surface area (Å²) in [6, 6.07) is 15.9. The first kappa shape index (κ1) is 11.2. The van der Waals surface area contributed by atoms with Gasteiger partial charge in [0.25, 0.3) is 0 Å². The molecule has 2 nitrogen and oxygen atoms in total. The van der Waals surface area contributed by atoms with E-state index >= 15 is 0 Å². The summed E-state index contributed by atoms with van der Waals surface area (Å²) in [7, 11) is 0. The van der Waals surface area contributed by atoms with Gasteiger partial charge in [-0.25, -0.2) is 0 Å². The number of carbonyl (C=O) groups is 1. The summed E-state index contributed by atoms with van der Waals surface area (Å²) in [5.74, 6) is 0.0992. The van der Waals surface area contributed by atoms with Crippen molar-refractivity contribution in [2.24, 2.45) is 0 Å². The van der Waals surface area contributed by atoms with Crippen molar-refractivity contribution in [3.63, 3.8) is 0 Å². The largest absolute Gasteiger partial charge is 0.507 e. The molecule has 3 aromatic rings. The quantitative estimate of drug-likeness (QED) is 0.526. The Morgan fingerprint density at radius 3 is 2.45 bits per heavy atom. The number of phenols is 1. The van der Waals surface area contributed by atoms with E-state index in [9.17, 15) is 9.90 Å². The molecule has 0 aromatic heterocycles. The van der Waals surface area contributed by atoms with Crippen LogP contribution in [-0.4, -0.2) is 11.4 Å². The summed E-state index contributed by atoms with van der Waals surface area (Å²) < 4.78 is 0. The average molecular weight is 260 g/mol. The zero-order chi connectivity index (χ0) is 13.7. The summed E-state index contributed by atoms with van der Waals surface area (Å²) in [6.45, 7) is 0. The third kappa shape index (κ3) is 1.31. The first-order valence-electron chi connectivity index (χ1n) is 6.61. The van der Waals surface area contributed by atoms with Crippen molar-refractivity contribution in [1.82, 2.24) is 0 Å². The van der Waals surface area contributed by atoms with Gasteiger partial charge in [-0.15, -0.1) is 0 Å². The van der Waals surface area contributed by atoms with Crippen LogP contribution < -0.4 is 0 Å². The Balaban J connectivity index is 2.24. The molecule has 2 heteroatoms. The highest BCUT2D eigenvalue weighted by Crippen LogP contribution is 2.46. The summed E-state index contributed by atoms with van der Waals surface area (Å²) in [5, 5.41) is 12.1. The second-order valence-electron chi connectivity index (χ2n) is 5.11. The smallest absolute Gasteiger partial charge is 0.154 e. The lowest BCUT2D eigenvalue weighted by Gasteiger charge is -2.11. The molecule has 0 unspecified atom stereocenters. The third-order valence-electron chi connectivity index (χ3n) is 4.11. The second kappa shape index (κ2) is 3.94. The van der Waals surface area contributed by atoms with Crippen LogP contribution in [0.5, 0.6) is 5.75 Å². The molecule has 0 fully saturated rings. The van der Waals surface area contributed by atoms with E-state index in [2.05, 4.69) is 12.1 Å². The van der Waals surface area contributed by atoms with Gasteiger partial charge in [0.15, 0.2) is 6.29 Å². The number of benzene rings is 3. The van der Waals surface area contributed by atoms with Crippen LogP contribution in [0.15, 0.2) is 48.5 Å². The number of rotatable bonds is 1. The van der Waals surface area contributed by atoms with E-state index in [1.165, 1.54) is 11.1 Å². The second-order valence-corrected chi connectivity index (χ2v) is 5.11. The van der Waals surface area contributed by atoms with Crippen molar-refractivity contribution >= 4 is 17.1 Å². The number of aldehydes is 1. The van der Waals surface area contributed by atoms with Gasteiger partial charge in [0.2, 0.25) is 0 Å². The van der Waals surface area contributed by atoms with E-state index < -0.39 is 0 Å². The van der Waals surface area contributed by atoms with Gasteiger partial charge in [0.05, 0.1) is 5.56 Å². The van der Waals surface area contributed by atoms with Gasteiger partial charge in [-0.2, -0.15) is 0 Å². The number of aromatic hydroxyl groups is 1. The van der Waals surface area contributed by atoms with Gasteiger partial charge in [0, 0.05) is 5.39 Å². The highest BCUT2D eigenvalue weighted by Gasteiger charge is 2.26. The fraction of sp³-hybridized carbons (Fsp3) is 0.0556. The normalized spacial score (nSPS) is 12.2. The van der Waals surface area contributed by atoms with Crippen LogP contribution in [0.25, 0.3) is 21.9 Å². The van der Waals surface area contributed by atoms with Crippen molar-refractivity contribution in [3.05, 3.63) is 65.2 Å². The van der Waals surface area contributed by atoms with E-state index in [0.717, 1.165) is 28.2 Å². The molecular weight excluding hydrogens is 248 g/mol. The number of carbonyl (C=O) groups excluding carboxylic acids is 1. The predicted octanol–water partition coefficient (Wildman–Crippen LogP) is 3.93. The first-order valence-corrected chi connectivity index (χ1v) is 6.61. The molecule has 1 aliphatic carbocycles. The van der Waals surface area contributed by atoms with E-state index in [1.807, 2.05) is 36.4 Å². The van der Waals surface area contributed by atoms with Crippen molar-refractivity contribution in [1.29, 1.82) is 0 Å². The Labute approximate surface area is 116 Å². The summed E-state index contributed by atoms with van der Waals surface area (Å²) in [4.78, 5) is 11.4. The molecule has 3 aromatic carbocycles. The maximum atomic E-state index is 11.4. The topological polar surface area (TPSA) is 37.3 Å². The number of hydrogen-bond acceptors (Lipinski definition) is 2. The third-order valence-corrected chi connectivity index (χ3v) is 4.11. The highest BCUT2D eigenvalue weighted by molar-refractivity contribution is 6.09. The lowest BCUT2D eigenvalue weighted by Crippen LogP contribution is -1.93. The molecule has 20 heavy (non-hydrogen) atoms. The Morgan fingerprint density at radius 1 is 0.950 bits per heavy atom. The molecule has 1 aliphatic rings. The fourth-order valence-electron chi connectivity index (χ4n) is 3.22. The van der Waals surface area contributed by atoms with Gasteiger partial charge in [-0.05, 0) is 34.1 Å². The maximum absolute atomic E-state index is 11.4. The van der Waals surface area contributed by atoms with Gasteiger partial charge in [-0.1, -0.05) is 48.5 Å². The van der Waals surface area contributed by atoms with Crippen LogP contribution in [-0.2, 0) is 6.42 Å². The van der Waals surface area contributed by atoms with E-state index in [-0.39, 0.29) is 5.75 Å². The average Bonchev–Trinajstić information content (AvgIpc) is 2.87. The standard InChI is InChI=1S/C18H12O2/c19-10-16-15-9-11-5-1-2-6-12(11)17(15)13-7-3-4-8-14(13)18(16)20/h1-8,10,20H,9H2. The molecule has 0 saturated carbocycles. The Kier molecular flexibility index (Phi) is 2.21. The first-order chi connectivity index (χ1) is 9.81. The van der Waals surface area contributed by atoms with Gasteiger partial charge in [0.1, 0.15) is 5.75 Å². The molecule has 4 rings (SSSR count). The lowest BCUT2D eigenvalue weighted by molar-refractivity contribution is 0.112. The van der Waals surface area contributed by atoms with Crippen molar-refractivity contribution in [3.8, 4) is 16.9 Å². The van der Waals surface area contributed by atoms with Crippen LogP contribution in [0.1, 0.15) is 21.5 Å². The highest BCUT2D eigenvalue weighted by atomic mass is 16.3. The predicted molar refractivity (Wildman–Crippen MR) is 79.2 cm³/mol. The summed E-state index contributed by atoms with van der Waals surface area (Å²) in [5.41, 5.74) is 4.84. The molecule has 0 amide bonds. The zero-order valence-corrected chi connectivity index (χ0v) is 10.8. The fourth-order valence-corrected chi connectivity index (χ4v) is 3.22. The molecule has 0 spiro atoms. The summed E-state index contributed by atoms with van der Waals surface area (Å²) in [6.07, 6.45) is 1.48. The van der Waals surface area contributed by atoms with Crippen LogP contribution in [0.3, 0.4) is 0 Å². The van der Waals surface area contributed by atoms with Crippen molar-refractivity contribution < 1.29 is 9.90 Å². The van der Waals surface area contributed by atoms with E-state index in [1.54, 1.807) is 0 Å². The maximum Gasteiger partial charge on any atom is 0.154 e. The monoisotopic (exact) mass is 260 g/mol. The molecule has 1 N–H and O–H groups in total. The minimum Gasteiger partial charge on any atom is -0.507 e. The Hall–Kier alpha value is -2.61. The SMILES string of the molecule is O=Cc1c2c(c3ccccc3c1O)-c1ccccc1C2. The van der Waals surface area contributed by atoms with Gasteiger partial charge < -0.3 is 5.11 Å². The molecule has 0 aliphatic heterocycles. The molecule has 0 radical (unpaired) electrons. The van der Waals surface area contributed by atoms with Crippen LogP contribution in [0, 0.1) is 0 Å². The number of phenolic OH excluding ortho intramolecular Hbond substituents is 1. The number of fused-ring (bicyclic) bond motifs is 5. The molecule has 96 valence electrons. The van der Waals surface area contributed by atoms with E-state index in [0.29, 0.717) is 12.0 Å². The number of hydrogen-bond donors (Lipinski definition) is 1. The van der Waals surface area contributed by atoms with Gasteiger partial charge in [-0.3, -0.25) is 4.79 Å². The Morgan fingerprint density at radius 2 is 1.65 bits per heavy atom. The van der Waals surface area contributed by atoms with E-state index in [4.69, 9.17) is 0 Å². The minimum atomic E-state index is 0.0992. The van der Waals surface area contributed by atoms with Crippen LogP contribution in [0.4, 0.5) is 0 Å². The van der Waals surface area contributed by atoms with Crippen LogP contribution >= 0.6 is 0 Å². The van der Waals surface area contributed by atoms with Gasteiger partial charge >= 0.3 is 0 Å². The van der Waals surface area contributed by atoms with Crippen LogP contribution in [0.2, 0.25) is 0 Å².